The number of tetrazole rings is 3. The Hall–Kier alpha value is -8.31. The monoisotopic (exact) mass is 847 g/mol. The van der Waals surface area contributed by atoms with Crippen LogP contribution in [0.4, 0.5) is 0 Å². The molecule has 6 heterocycles. The van der Waals surface area contributed by atoms with E-state index in [0.29, 0.717) is 17.2 Å². The number of rotatable bonds is 9. The fourth-order valence-corrected chi connectivity index (χ4v) is 3.56. The van der Waals surface area contributed by atoms with E-state index in [1.54, 1.807) is 48.7 Å². The highest BCUT2D eigenvalue weighted by molar-refractivity contribution is 5.85. The first kappa shape index (κ1) is 52.7. The number of hydrogen-bond donors (Lipinski definition) is 0. The van der Waals surface area contributed by atoms with E-state index < -0.39 is 35.0 Å². The number of carbonyl (C=O) groups excluding carboxylic acids is 3. The molecule has 6 aromatic rings. The van der Waals surface area contributed by atoms with Crippen LogP contribution in [-0.4, -0.2) is 114 Å². The van der Waals surface area contributed by atoms with Gasteiger partial charge in [-0.05, 0) is 67.7 Å². The summed E-state index contributed by atoms with van der Waals surface area (Å²) in [5.41, 5.74) is -0.522. The van der Waals surface area contributed by atoms with Gasteiger partial charge in [-0.3, -0.25) is 9.97 Å². The molecule has 0 aromatic carbocycles. The molecule has 0 saturated heterocycles. The lowest BCUT2D eigenvalue weighted by Crippen LogP contribution is -2.22. The predicted octanol–water partition coefficient (Wildman–Crippen LogP) is 2.12. The van der Waals surface area contributed by atoms with Gasteiger partial charge in [-0.25, -0.2) is 33.8 Å². The second kappa shape index (κ2) is 29.9. The molecule has 0 N–H and O–H groups in total. The SMILES string of the molecule is C.CC.CC.CC.COC(=O)/C=C\n1nnn(-c2ccccn2)c1=O.COC(=O)/C=C\n1nnn(-c2cccnc2)c1=O.COC(=O)/C=C\n1nnn(-c2ccncc2)c1=O. The van der Waals surface area contributed by atoms with E-state index in [0.717, 1.165) is 46.3 Å². The zero-order chi connectivity index (χ0) is 44.9. The molecule has 0 aliphatic rings. The van der Waals surface area contributed by atoms with Crippen LogP contribution >= 0.6 is 0 Å². The largest absolute Gasteiger partial charge is 0.466 e. The highest BCUT2D eigenvalue weighted by Crippen LogP contribution is 2.00. The van der Waals surface area contributed by atoms with E-state index in [1.165, 1.54) is 64.7 Å². The van der Waals surface area contributed by atoms with Crippen molar-refractivity contribution in [1.82, 2.24) is 74.3 Å². The first-order valence-corrected chi connectivity index (χ1v) is 17.8. The molecular formula is C37H49N15O9. The van der Waals surface area contributed by atoms with Gasteiger partial charge >= 0.3 is 35.0 Å². The van der Waals surface area contributed by atoms with Crippen molar-refractivity contribution in [3.63, 3.8) is 0 Å². The fourth-order valence-electron chi connectivity index (χ4n) is 3.56. The van der Waals surface area contributed by atoms with Crippen molar-refractivity contribution in [3.8, 4) is 17.2 Å². The van der Waals surface area contributed by atoms with Crippen LogP contribution in [0.1, 0.15) is 49.0 Å². The number of methoxy groups -OCH3 is 3. The zero-order valence-corrected chi connectivity index (χ0v) is 34.3. The highest BCUT2D eigenvalue weighted by Gasteiger charge is 2.09. The van der Waals surface area contributed by atoms with Gasteiger partial charge in [0.15, 0.2) is 5.82 Å². The minimum Gasteiger partial charge on any atom is -0.466 e. The molecule has 6 aromatic heterocycles. The molecule has 24 heteroatoms. The van der Waals surface area contributed by atoms with Gasteiger partial charge < -0.3 is 14.2 Å². The fraction of sp³-hybridized carbons (Fsp3) is 0.270. The standard InChI is InChI=1S/3C10H9N5O3.3C2H6.CH4/c1-18-9(16)4-7-14-10(17)15(13-12-14)8-2-5-11-6-3-8;1-18-9(16)4-6-14-10(17)15(13-12-14)8-3-2-5-11-7-8;1-18-9(16)5-7-14-10(17)15(13-12-14)8-4-2-3-6-11-8;3*1-2;/h3*2-7H,1H3;3*1-2H3;1H4/b7-4-;6-4-;7-5-;;;;. The van der Waals surface area contributed by atoms with Crippen LogP contribution in [0.25, 0.3) is 35.8 Å². The van der Waals surface area contributed by atoms with E-state index in [9.17, 15) is 28.8 Å². The average Bonchev–Trinajstić information content (AvgIpc) is 4.01. The van der Waals surface area contributed by atoms with E-state index in [4.69, 9.17) is 0 Å². The summed E-state index contributed by atoms with van der Waals surface area (Å²) in [4.78, 5) is 79.8. The van der Waals surface area contributed by atoms with Crippen molar-refractivity contribution in [2.24, 2.45) is 0 Å². The quantitative estimate of drug-likeness (QED) is 0.114. The van der Waals surface area contributed by atoms with Gasteiger partial charge in [-0.1, -0.05) is 55.0 Å². The van der Waals surface area contributed by atoms with Crippen LogP contribution in [0.2, 0.25) is 0 Å². The number of nitrogens with zero attached hydrogens (tertiary/aromatic N) is 15. The molecule has 0 bridgehead atoms. The Morgan fingerprint density at radius 2 is 0.918 bits per heavy atom. The van der Waals surface area contributed by atoms with Crippen molar-refractivity contribution in [3.05, 3.63) is 123 Å². The zero-order valence-electron chi connectivity index (χ0n) is 34.3. The lowest BCUT2D eigenvalue weighted by molar-refractivity contribution is -0.135. The molecule has 0 unspecified atom stereocenters. The normalized spacial score (nSPS) is 9.79. The summed E-state index contributed by atoms with van der Waals surface area (Å²) in [6, 6.07) is 11.6. The summed E-state index contributed by atoms with van der Waals surface area (Å²) in [6.45, 7) is 12.0. The van der Waals surface area contributed by atoms with Gasteiger partial charge in [0.1, 0.15) is 0 Å². The predicted molar refractivity (Wildman–Crippen MR) is 223 cm³/mol. The van der Waals surface area contributed by atoms with Gasteiger partial charge in [0.25, 0.3) is 0 Å². The van der Waals surface area contributed by atoms with Crippen LogP contribution in [0, 0.1) is 0 Å². The maximum Gasteiger partial charge on any atom is 0.374 e. The first-order chi connectivity index (χ1) is 29.2. The Bertz CT molecular complexity index is 2160. The first-order valence-electron chi connectivity index (χ1n) is 17.8. The summed E-state index contributed by atoms with van der Waals surface area (Å²) < 4.78 is 19.1. The van der Waals surface area contributed by atoms with E-state index in [1.807, 2.05) is 41.5 Å². The van der Waals surface area contributed by atoms with Crippen molar-refractivity contribution < 1.29 is 28.6 Å². The van der Waals surface area contributed by atoms with Gasteiger partial charge in [0.2, 0.25) is 0 Å². The minimum atomic E-state index is -0.589. The molecule has 0 amide bonds. The molecule has 326 valence electrons. The number of aromatic nitrogens is 15. The molecule has 0 aliphatic carbocycles. The molecule has 0 saturated carbocycles. The second-order valence-corrected chi connectivity index (χ2v) is 9.47. The van der Waals surface area contributed by atoms with E-state index >= 15 is 0 Å². The maximum absolute atomic E-state index is 11.8. The highest BCUT2D eigenvalue weighted by atomic mass is 16.5. The third-order valence-electron chi connectivity index (χ3n) is 6.13. The van der Waals surface area contributed by atoms with Crippen molar-refractivity contribution in [2.75, 3.05) is 21.3 Å². The van der Waals surface area contributed by atoms with E-state index in [2.05, 4.69) is 60.4 Å². The lowest BCUT2D eigenvalue weighted by Gasteiger charge is -1.94. The lowest BCUT2D eigenvalue weighted by atomic mass is 10.4. The summed E-state index contributed by atoms with van der Waals surface area (Å²) in [7, 11) is 3.71. The minimum absolute atomic E-state index is 0. The number of carbonyl (C=O) groups is 3. The Labute approximate surface area is 349 Å². The summed E-state index contributed by atoms with van der Waals surface area (Å²) in [5, 5.41) is 21.8. The Kier molecular flexibility index (Phi) is 25.8. The van der Waals surface area contributed by atoms with Crippen molar-refractivity contribution >= 4 is 36.5 Å². The molecular weight excluding hydrogens is 799 g/mol. The third kappa shape index (κ3) is 16.6. The number of hydrogen-bond acceptors (Lipinski definition) is 18. The van der Waals surface area contributed by atoms with Crippen molar-refractivity contribution in [2.45, 2.75) is 49.0 Å². The molecule has 61 heavy (non-hydrogen) atoms. The van der Waals surface area contributed by atoms with Gasteiger partial charge in [0, 0.05) is 61.6 Å². The number of pyridine rings is 3. The topological polar surface area (TPSA) is 276 Å². The molecule has 0 fully saturated rings. The molecule has 6 rings (SSSR count). The van der Waals surface area contributed by atoms with Gasteiger partial charge in [-0.15, -0.1) is 4.68 Å². The smallest absolute Gasteiger partial charge is 0.374 e. The maximum atomic E-state index is 11.8. The number of ether oxygens (including phenoxy) is 3. The summed E-state index contributed by atoms with van der Waals surface area (Å²) in [5.74, 6) is -1.41. The third-order valence-corrected chi connectivity index (χ3v) is 6.13. The van der Waals surface area contributed by atoms with E-state index in [-0.39, 0.29) is 7.43 Å². The Morgan fingerprint density at radius 3 is 1.31 bits per heavy atom. The van der Waals surface area contributed by atoms with Crippen molar-refractivity contribution in [1.29, 1.82) is 0 Å². The summed E-state index contributed by atoms with van der Waals surface area (Å²) >= 11 is 0. The summed E-state index contributed by atoms with van der Waals surface area (Å²) in [6.07, 6.45) is 14.4. The second-order valence-electron chi connectivity index (χ2n) is 9.47. The Balaban J connectivity index is 0.000000826. The van der Waals surface area contributed by atoms with Crippen LogP contribution in [0.5, 0.6) is 0 Å². The van der Waals surface area contributed by atoms with Crippen LogP contribution in [-0.2, 0) is 28.6 Å². The van der Waals surface area contributed by atoms with Crippen LogP contribution < -0.4 is 17.1 Å². The Morgan fingerprint density at radius 1 is 0.492 bits per heavy atom. The molecule has 0 atom stereocenters. The average molecular weight is 848 g/mol. The van der Waals surface area contributed by atoms with Gasteiger partial charge in [-0.2, -0.15) is 23.4 Å². The molecule has 0 aliphatic heterocycles. The molecule has 0 spiro atoms. The van der Waals surface area contributed by atoms with Gasteiger partial charge in [0.05, 0.1) is 38.9 Å². The van der Waals surface area contributed by atoms with Crippen LogP contribution in [0.3, 0.4) is 0 Å². The van der Waals surface area contributed by atoms with Crippen LogP contribution in [0.15, 0.2) is 106 Å². The molecule has 0 radical (unpaired) electrons. The molecule has 24 nitrogen and oxygen atoms in total. The number of esters is 3.